The largest absolute Gasteiger partial charge is 0.493 e. The fourth-order valence-electron chi connectivity index (χ4n) is 4.31. The molecule has 1 aliphatic carbocycles. The van der Waals surface area contributed by atoms with Gasteiger partial charge in [-0.3, -0.25) is 14.4 Å². The van der Waals surface area contributed by atoms with Crippen molar-refractivity contribution in [1.82, 2.24) is 10.7 Å². The van der Waals surface area contributed by atoms with Gasteiger partial charge in [-0.05, 0) is 54.3 Å². The third-order valence-corrected chi connectivity index (χ3v) is 6.37. The molecule has 3 aromatic rings. The first-order valence-corrected chi connectivity index (χ1v) is 12.9. The highest BCUT2D eigenvalue weighted by Crippen LogP contribution is 2.28. The predicted octanol–water partition coefficient (Wildman–Crippen LogP) is 4.43. The summed E-state index contributed by atoms with van der Waals surface area (Å²) < 4.78 is 11.3. The third kappa shape index (κ3) is 7.91. The van der Waals surface area contributed by atoms with Crippen LogP contribution >= 0.6 is 0 Å². The summed E-state index contributed by atoms with van der Waals surface area (Å²) in [7, 11) is 1.53. The smallest absolute Gasteiger partial charge is 0.329 e. The number of anilines is 1. The van der Waals surface area contributed by atoms with Gasteiger partial charge in [0.1, 0.15) is 6.61 Å². The summed E-state index contributed by atoms with van der Waals surface area (Å²) in [6, 6.07) is 21.7. The van der Waals surface area contributed by atoms with Crippen LogP contribution in [-0.2, 0) is 16.2 Å². The number of methoxy groups -OCH3 is 1. The summed E-state index contributed by atoms with van der Waals surface area (Å²) >= 11 is 0. The van der Waals surface area contributed by atoms with Crippen molar-refractivity contribution < 1.29 is 23.9 Å². The second-order valence-electron chi connectivity index (χ2n) is 9.19. The number of rotatable bonds is 9. The number of hydrazone groups is 1. The van der Waals surface area contributed by atoms with Crippen LogP contribution in [0.3, 0.4) is 0 Å². The first kappa shape index (κ1) is 27.4. The number of para-hydroxylation sites is 1. The summed E-state index contributed by atoms with van der Waals surface area (Å²) in [5.74, 6) is -1.12. The topological polar surface area (TPSA) is 118 Å². The molecule has 0 heterocycles. The molecule has 1 fully saturated rings. The lowest BCUT2D eigenvalue weighted by Gasteiger charge is -2.23. The zero-order valence-electron chi connectivity index (χ0n) is 21.8. The molecule has 9 heteroatoms. The van der Waals surface area contributed by atoms with Crippen molar-refractivity contribution in [2.75, 3.05) is 12.4 Å². The molecule has 9 nitrogen and oxygen atoms in total. The molecule has 3 aromatic carbocycles. The van der Waals surface area contributed by atoms with Crippen LogP contribution in [0.5, 0.6) is 11.5 Å². The van der Waals surface area contributed by atoms with Gasteiger partial charge in [0.2, 0.25) is 0 Å². The minimum atomic E-state index is -0.969. The first-order valence-electron chi connectivity index (χ1n) is 12.9. The average molecular weight is 529 g/mol. The Hall–Kier alpha value is -4.66. The molecule has 0 saturated heterocycles. The Morgan fingerprint density at radius 1 is 0.897 bits per heavy atom. The van der Waals surface area contributed by atoms with Gasteiger partial charge >= 0.3 is 11.8 Å². The maximum Gasteiger partial charge on any atom is 0.329 e. The van der Waals surface area contributed by atoms with Crippen LogP contribution in [0, 0.1) is 0 Å². The van der Waals surface area contributed by atoms with Crippen molar-refractivity contribution in [2.45, 2.75) is 44.8 Å². The molecule has 1 aliphatic rings. The molecule has 4 rings (SSSR count). The fourth-order valence-corrected chi connectivity index (χ4v) is 4.31. The molecule has 0 aromatic heterocycles. The number of nitrogens with zero attached hydrogens (tertiary/aromatic N) is 1. The van der Waals surface area contributed by atoms with Gasteiger partial charge in [-0.1, -0.05) is 61.7 Å². The highest BCUT2D eigenvalue weighted by atomic mass is 16.5. The molecule has 0 aliphatic heterocycles. The number of hydrogen-bond acceptors (Lipinski definition) is 6. The van der Waals surface area contributed by atoms with E-state index in [1.54, 1.807) is 42.5 Å². The van der Waals surface area contributed by atoms with Gasteiger partial charge < -0.3 is 20.1 Å². The van der Waals surface area contributed by atoms with Gasteiger partial charge in [-0.15, -0.1) is 0 Å². The van der Waals surface area contributed by atoms with Crippen LogP contribution < -0.4 is 25.5 Å². The highest BCUT2D eigenvalue weighted by Gasteiger charge is 2.21. The van der Waals surface area contributed by atoms with Gasteiger partial charge in [0, 0.05) is 6.04 Å². The van der Waals surface area contributed by atoms with E-state index < -0.39 is 11.8 Å². The van der Waals surface area contributed by atoms with Crippen molar-refractivity contribution in [3.05, 3.63) is 89.5 Å². The first-order chi connectivity index (χ1) is 19.0. The van der Waals surface area contributed by atoms with Crippen LogP contribution in [0.4, 0.5) is 5.69 Å². The fraction of sp³-hybridized carbons (Fsp3) is 0.267. The maximum atomic E-state index is 12.8. The van der Waals surface area contributed by atoms with Crippen LogP contribution in [-0.4, -0.2) is 37.1 Å². The minimum absolute atomic E-state index is 0.121. The molecular formula is C30H32N4O5. The van der Waals surface area contributed by atoms with E-state index in [9.17, 15) is 14.4 Å². The van der Waals surface area contributed by atoms with Crippen molar-refractivity contribution in [2.24, 2.45) is 5.10 Å². The molecular weight excluding hydrogens is 496 g/mol. The summed E-state index contributed by atoms with van der Waals surface area (Å²) in [4.78, 5) is 37.6. The van der Waals surface area contributed by atoms with Crippen molar-refractivity contribution >= 4 is 29.6 Å². The standard InChI is InChI=1S/C30H32N4O5/c1-38-27-18-22(16-17-26(27)39-20-21-10-4-2-5-11-21)19-31-34-30(37)29(36)33-25-15-9-8-14-24(25)28(35)32-23-12-6-3-7-13-23/h2,4-5,8-11,14-19,23H,3,6-7,12-13,20H2,1H3,(H,32,35)(H,33,36)(H,34,37). The van der Waals surface area contributed by atoms with Crippen molar-refractivity contribution in [3.8, 4) is 11.5 Å². The van der Waals surface area contributed by atoms with Crippen LogP contribution in [0.1, 0.15) is 53.6 Å². The van der Waals surface area contributed by atoms with Crippen LogP contribution in [0.15, 0.2) is 77.9 Å². The van der Waals surface area contributed by atoms with E-state index in [1.165, 1.54) is 19.7 Å². The Morgan fingerprint density at radius 3 is 2.41 bits per heavy atom. The second kappa shape index (κ2) is 13.8. The normalized spacial score (nSPS) is 13.5. The number of carbonyl (C=O) groups excluding carboxylic acids is 3. The Balaban J connectivity index is 1.31. The summed E-state index contributed by atoms with van der Waals surface area (Å²) in [5, 5.41) is 9.41. The summed E-state index contributed by atoms with van der Waals surface area (Å²) in [6.45, 7) is 0.390. The molecule has 0 radical (unpaired) electrons. The van der Waals surface area contributed by atoms with E-state index in [1.807, 2.05) is 30.3 Å². The zero-order valence-corrected chi connectivity index (χ0v) is 21.8. The van der Waals surface area contributed by atoms with E-state index in [-0.39, 0.29) is 17.6 Å². The number of benzene rings is 3. The predicted molar refractivity (Wildman–Crippen MR) is 149 cm³/mol. The van der Waals surface area contributed by atoms with E-state index in [2.05, 4.69) is 21.2 Å². The van der Waals surface area contributed by atoms with Crippen LogP contribution in [0.25, 0.3) is 0 Å². The SMILES string of the molecule is COc1cc(C=NNC(=O)C(=O)Nc2ccccc2C(=O)NC2CCCCC2)ccc1OCc1ccccc1. The van der Waals surface area contributed by atoms with E-state index in [0.29, 0.717) is 29.2 Å². The summed E-state index contributed by atoms with van der Waals surface area (Å²) in [5.41, 5.74) is 4.42. The summed E-state index contributed by atoms with van der Waals surface area (Å²) in [6.07, 6.45) is 6.62. The van der Waals surface area contributed by atoms with E-state index in [4.69, 9.17) is 9.47 Å². The molecule has 0 spiro atoms. The highest BCUT2D eigenvalue weighted by molar-refractivity contribution is 6.40. The number of amides is 3. The van der Waals surface area contributed by atoms with Gasteiger partial charge in [0.05, 0.1) is 24.6 Å². The molecule has 3 amide bonds. The monoisotopic (exact) mass is 528 g/mol. The van der Waals surface area contributed by atoms with Gasteiger partial charge in [-0.25, -0.2) is 5.43 Å². The Labute approximate surface area is 227 Å². The molecule has 3 N–H and O–H groups in total. The third-order valence-electron chi connectivity index (χ3n) is 6.37. The zero-order chi connectivity index (χ0) is 27.5. The van der Waals surface area contributed by atoms with Gasteiger partial charge in [0.15, 0.2) is 11.5 Å². The lowest BCUT2D eigenvalue weighted by Crippen LogP contribution is -2.37. The number of ether oxygens (including phenoxy) is 2. The van der Waals surface area contributed by atoms with Gasteiger partial charge in [0.25, 0.3) is 5.91 Å². The molecule has 0 bridgehead atoms. The number of nitrogens with one attached hydrogen (secondary N) is 3. The van der Waals surface area contributed by atoms with Crippen LogP contribution in [0.2, 0.25) is 0 Å². The quantitative estimate of drug-likeness (QED) is 0.216. The lowest BCUT2D eigenvalue weighted by atomic mass is 9.95. The van der Waals surface area contributed by atoms with Crippen molar-refractivity contribution in [3.63, 3.8) is 0 Å². The molecule has 1 saturated carbocycles. The van der Waals surface area contributed by atoms with E-state index in [0.717, 1.165) is 31.2 Å². The van der Waals surface area contributed by atoms with Gasteiger partial charge in [-0.2, -0.15) is 5.10 Å². The number of hydrogen-bond donors (Lipinski definition) is 3. The molecule has 0 atom stereocenters. The maximum absolute atomic E-state index is 12.8. The molecule has 0 unspecified atom stereocenters. The lowest BCUT2D eigenvalue weighted by molar-refractivity contribution is -0.136. The second-order valence-corrected chi connectivity index (χ2v) is 9.19. The van der Waals surface area contributed by atoms with E-state index >= 15 is 0 Å². The molecule has 39 heavy (non-hydrogen) atoms. The molecule has 202 valence electrons. The number of carbonyl (C=O) groups is 3. The van der Waals surface area contributed by atoms with Crippen molar-refractivity contribution in [1.29, 1.82) is 0 Å². The Kier molecular flexibility index (Phi) is 9.66. The Bertz CT molecular complexity index is 1320. The minimum Gasteiger partial charge on any atom is -0.493 e. The Morgan fingerprint density at radius 2 is 1.64 bits per heavy atom. The average Bonchev–Trinajstić information content (AvgIpc) is 2.97.